The summed E-state index contributed by atoms with van der Waals surface area (Å²) in [7, 11) is 0. The summed E-state index contributed by atoms with van der Waals surface area (Å²) in [6, 6.07) is 17.4. The molecule has 3 aromatic carbocycles. The number of nitrogens with one attached hydrogen (secondary N) is 2. The fraction of sp³-hybridized carbons (Fsp3) is 0.233. The lowest BCUT2D eigenvalue weighted by Gasteiger charge is -2.37. The smallest absolute Gasteiger partial charge is 0.256 e. The van der Waals surface area contributed by atoms with E-state index in [2.05, 4.69) is 32.7 Å². The molecule has 0 aliphatic carbocycles. The van der Waals surface area contributed by atoms with Crippen LogP contribution < -0.4 is 15.5 Å². The number of amides is 2. The van der Waals surface area contributed by atoms with E-state index < -0.39 is 17.3 Å². The summed E-state index contributed by atoms with van der Waals surface area (Å²) in [4.78, 5) is 35.5. The zero-order valence-corrected chi connectivity index (χ0v) is 22.7. The number of fused-ring (bicyclic) bond motifs is 1. The number of anilines is 2. The molecule has 3 heterocycles. The zero-order chi connectivity index (χ0) is 27.9. The van der Waals surface area contributed by atoms with E-state index in [0.29, 0.717) is 10.7 Å². The largest absolute Gasteiger partial charge is 0.508 e. The van der Waals surface area contributed by atoms with Crippen LogP contribution in [-0.4, -0.2) is 53.0 Å². The third-order valence-corrected chi connectivity index (χ3v) is 8.40. The lowest BCUT2D eigenvalue weighted by Crippen LogP contribution is -2.52. The SMILES string of the molecule is C[C@](C(=O)Nc1nccs1)(c1cc(F)ccc1O)N1Cc2ccc(-c3ccc(N4CCNCC4)cc3)cc2C1=O. The van der Waals surface area contributed by atoms with E-state index in [1.54, 1.807) is 11.6 Å². The molecule has 0 spiro atoms. The first-order valence-corrected chi connectivity index (χ1v) is 13.9. The van der Waals surface area contributed by atoms with Gasteiger partial charge in [-0.2, -0.15) is 0 Å². The van der Waals surface area contributed by atoms with Crippen molar-refractivity contribution in [3.8, 4) is 16.9 Å². The number of thiazole rings is 1. The van der Waals surface area contributed by atoms with E-state index in [1.165, 1.54) is 29.2 Å². The minimum absolute atomic E-state index is 0.00793. The molecule has 6 rings (SSSR count). The van der Waals surface area contributed by atoms with Crippen LogP contribution in [0.5, 0.6) is 5.75 Å². The minimum atomic E-state index is -1.72. The van der Waals surface area contributed by atoms with Crippen LogP contribution in [0.25, 0.3) is 11.1 Å². The van der Waals surface area contributed by atoms with Crippen molar-refractivity contribution in [2.24, 2.45) is 0 Å². The number of carbonyl (C=O) groups is 2. The molecule has 4 aromatic rings. The van der Waals surface area contributed by atoms with Gasteiger partial charge in [0.2, 0.25) is 0 Å². The van der Waals surface area contributed by atoms with E-state index in [0.717, 1.165) is 60.7 Å². The van der Waals surface area contributed by atoms with Gasteiger partial charge in [0.25, 0.3) is 11.8 Å². The highest BCUT2D eigenvalue weighted by Gasteiger charge is 2.49. The molecule has 1 aromatic heterocycles. The van der Waals surface area contributed by atoms with Gasteiger partial charge in [-0.25, -0.2) is 9.37 Å². The van der Waals surface area contributed by atoms with Gasteiger partial charge in [-0.15, -0.1) is 11.3 Å². The van der Waals surface area contributed by atoms with Crippen molar-refractivity contribution in [2.75, 3.05) is 36.4 Å². The molecule has 8 nitrogen and oxygen atoms in total. The van der Waals surface area contributed by atoms with Crippen LogP contribution in [0.15, 0.2) is 72.2 Å². The molecule has 1 saturated heterocycles. The summed E-state index contributed by atoms with van der Waals surface area (Å²) >= 11 is 1.22. The second-order valence-electron chi connectivity index (χ2n) is 10.1. The van der Waals surface area contributed by atoms with Crippen molar-refractivity contribution >= 4 is 34.0 Å². The molecule has 1 atom stereocenters. The van der Waals surface area contributed by atoms with Crippen LogP contribution in [0.3, 0.4) is 0 Å². The van der Waals surface area contributed by atoms with Gasteiger partial charge < -0.3 is 20.2 Å². The van der Waals surface area contributed by atoms with Crippen molar-refractivity contribution in [2.45, 2.75) is 19.0 Å². The van der Waals surface area contributed by atoms with Crippen molar-refractivity contribution in [3.63, 3.8) is 0 Å². The number of rotatable bonds is 6. The number of nitrogens with zero attached hydrogens (tertiary/aromatic N) is 3. The number of benzene rings is 3. The average molecular weight is 558 g/mol. The molecular weight excluding hydrogens is 529 g/mol. The van der Waals surface area contributed by atoms with E-state index in [9.17, 15) is 19.1 Å². The maximum atomic E-state index is 14.4. The van der Waals surface area contributed by atoms with Crippen molar-refractivity contribution in [1.82, 2.24) is 15.2 Å². The number of phenolic OH excluding ortho intramolecular Hbond substituents is 1. The fourth-order valence-electron chi connectivity index (χ4n) is 5.42. The molecule has 0 unspecified atom stereocenters. The monoisotopic (exact) mass is 557 g/mol. The second kappa shape index (κ2) is 10.4. The Bertz CT molecular complexity index is 1570. The van der Waals surface area contributed by atoms with Gasteiger partial charge in [-0.3, -0.25) is 14.9 Å². The lowest BCUT2D eigenvalue weighted by molar-refractivity contribution is -0.126. The Morgan fingerprint density at radius 3 is 2.55 bits per heavy atom. The van der Waals surface area contributed by atoms with Crippen LogP contribution >= 0.6 is 11.3 Å². The third-order valence-electron chi connectivity index (χ3n) is 7.71. The standard InChI is InChI=1S/C30H28FN5O3S/c1-30(25-17-22(31)6-9-26(25)37,28(39)34-29-33-12-15-40-29)36-18-21-3-2-20(16-24(21)27(36)38)19-4-7-23(8-5-19)35-13-10-32-11-14-35/h2-9,12,15-17,32,37H,10-11,13-14,18H2,1H3,(H,33,34,39)/t30-/m1/s1. The summed E-state index contributed by atoms with van der Waals surface area (Å²) < 4.78 is 14.4. The Kier molecular flexibility index (Phi) is 6.73. The number of hydrogen-bond donors (Lipinski definition) is 3. The fourth-order valence-corrected chi connectivity index (χ4v) is 5.95. The van der Waals surface area contributed by atoms with Crippen LogP contribution in [0, 0.1) is 5.82 Å². The number of carbonyl (C=O) groups excluding carboxylic acids is 2. The summed E-state index contributed by atoms with van der Waals surface area (Å²) in [5, 5.41) is 18.9. The lowest BCUT2D eigenvalue weighted by atomic mass is 9.88. The first-order chi connectivity index (χ1) is 19.3. The highest BCUT2D eigenvalue weighted by Crippen LogP contribution is 2.42. The van der Waals surface area contributed by atoms with E-state index in [1.807, 2.05) is 30.3 Å². The Morgan fingerprint density at radius 1 is 1.07 bits per heavy atom. The maximum Gasteiger partial charge on any atom is 0.256 e. The van der Waals surface area contributed by atoms with Crippen LogP contribution in [0.1, 0.15) is 28.4 Å². The maximum absolute atomic E-state index is 14.4. The number of phenols is 1. The summed E-state index contributed by atoms with van der Waals surface area (Å²) in [6.45, 7) is 5.47. The number of hydrogen-bond acceptors (Lipinski definition) is 7. The highest BCUT2D eigenvalue weighted by atomic mass is 32.1. The van der Waals surface area contributed by atoms with Crippen LogP contribution in [-0.2, 0) is 16.9 Å². The molecular formula is C30H28FN5O3S. The number of halogens is 1. The molecule has 0 saturated carbocycles. The van der Waals surface area contributed by atoms with Gasteiger partial charge >= 0.3 is 0 Å². The Hall–Kier alpha value is -4.28. The zero-order valence-electron chi connectivity index (χ0n) is 21.9. The Labute approximate surface area is 235 Å². The second-order valence-corrected chi connectivity index (χ2v) is 11.0. The minimum Gasteiger partial charge on any atom is -0.508 e. The van der Waals surface area contributed by atoms with Gasteiger partial charge in [0.05, 0.1) is 0 Å². The first-order valence-electron chi connectivity index (χ1n) is 13.1. The number of aromatic nitrogens is 1. The van der Waals surface area contributed by atoms with E-state index >= 15 is 0 Å². The van der Waals surface area contributed by atoms with Crippen molar-refractivity contribution < 1.29 is 19.1 Å². The summed E-state index contributed by atoms with van der Waals surface area (Å²) in [5.74, 6) is -1.90. The molecule has 2 amide bonds. The van der Waals surface area contributed by atoms with Gasteiger partial charge in [0, 0.05) is 61.1 Å². The number of aromatic hydroxyl groups is 1. The topological polar surface area (TPSA) is 97.8 Å². The predicted molar refractivity (Wildman–Crippen MR) is 153 cm³/mol. The van der Waals surface area contributed by atoms with Gasteiger partial charge in [-0.1, -0.05) is 24.3 Å². The first kappa shape index (κ1) is 26.0. The normalized spacial score (nSPS) is 16.5. The van der Waals surface area contributed by atoms with Gasteiger partial charge in [0.15, 0.2) is 5.13 Å². The highest BCUT2D eigenvalue weighted by molar-refractivity contribution is 7.13. The average Bonchev–Trinajstić information content (AvgIpc) is 3.62. The Balaban J connectivity index is 1.33. The van der Waals surface area contributed by atoms with E-state index in [-0.39, 0.29) is 23.8 Å². The summed E-state index contributed by atoms with van der Waals surface area (Å²) in [6.07, 6.45) is 1.55. The molecule has 0 bridgehead atoms. The Morgan fingerprint density at radius 2 is 1.82 bits per heavy atom. The van der Waals surface area contributed by atoms with Gasteiger partial charge in [-0.05, 0) is 60.0 Å². The van der Waals surface area contributed by atoms with Gasteiger partial charge in [0.1, 0.15) is 17.1 Å². The quantitative estimate of drug-likeness (QED) is 0.321. The third kappa shape index (κ3) is 4.59. The molecule has 40 heavy (non-hydrogen) atoms. The van der Waals surface area contributed by atoms with Crippen molar-refractivity contribution in [1.29, 1.82) is 0 Å². The van der Waals surface area contributed by atoms with Crippen LogP contribution in [0.2, 0.25) is 0 Å². The molecule has 2 aliphatic rings. The molecule has 204 valence electrons. The van der Waals surface area contributed by atoms with E-state index in [4.69, 9.17) is 0 Å². The molecule has 1 fully saturated rings. The molecule has 0 radical (unpaired) electrons. The molecule has 10 heteroatoms. The number of piperazine rings is 1. The van der Waals surface area contributed by atoms with Crippen LogP contribution in [0.4, 0.5) is 15.2 Å². The predicted octanol–water partition coefficient (Wildman–Crippen LogP) is 4.57. The summed E-state index contributed by atoms with van der Waals surface area (Å²) in [5.41, 5.74) is 2.49. The molecule has 2 aliphatic heterocycles. The molecule has 3 N–H and O–H groups in total. The van der Waals surface area contributed by atoms with Crippen molar-refractivity contribution in [3.05, 3.63) is 94.7 Å².